The average molecular weight is 427 g/mol. The second-order valence-corrected chi connectivity index (χ2v) is 14.0. The Bertz CT molecular complexity index is 872. The third-order valence-electron chi connectivity index (χ3n) is 3.35. The van der Waals surface area contributed by atoms with Crippen molar-refractivity contribution in [2.24, 2.45) is 0 Å². The van der Waals surface area contributed by atoms with Crippen LogP contribution in [0, 0.1) is 0 Å². The van der Waals surface area contributed by atoms with Crippen LogP contribution in [0.25, 0.3) is 11.2 Å². The summed E-state index contributed by atoms with van der Waals surface area (Å²) in [6.45, 7) is 0. The molecule has 112 valence electrons. The molecule has 2 aromatic carbocycles. The molecule has 0 amide bonds. The van der Waals surface area contributed by atoms with E-state index in [1.165, 1.54) is 7.02 Å². The molecule has 0 bridgehead atoms. The number of hydrogen-bond acceptors (Lipinski definition) is 4. The Balaban J connectivity index is 1.79. The van der Waals surface area contributed by atoms with Crippen LogP contribution >= 0.6 is 8.85 Å². The average Bonchev–Trinajstić information content (AvgIpc) is 3.11. The molecule has 23 heavy (non-hydrogen) atoms. The summed E-state index contributed by atoms with van der Waals surface area (Å²) in [7, 11) is 1.89. The van der Waals surface area contributed by atoms with Crippen molar-refractivity contribution in [1.29, 1.82) is 0 Å². The molecule has 0 fully saturated rings. The van der Waals surface area contributed by atoms with E-state index < -0.39 is 18.8 Å². The van der Waals surface area contributed by atoms with Gasteiger partial charge in [0.15, 0.2) is 0 Å². The quantitative estimate of drug-likeness (QED) is 0.401. The molecule has 0 unspecified atom stereocenters. The number of fused-ring (bicyclic) bond motifs is 1. The Morgan fingerprint density at radius 3 is 2.09 bits per heavy atom. The van der Waals surface area contributed by atoms with E-state index in [9.17, 15) is 0 Å². The fourth-order valence-corrected chi connectivity index (χ4v) is 12.5. The predicted molar refractivity (Wildman–Crippen MR) is 95.4 cm³/mol. The Kier molecular flexibility index (Phi) is 4.31. The minimum atomic E-state index is -2.01. The summed E-state index contributed by atoms with van der Waals surface area (Å²) in [6, 6.07) is 21.5. The minimum absolute atomic E-state index is 0.726. The van der Waals surface area contributed by atoms with Crippen molar-refractivity contribution in [3.05, 3.63) is 73.3 Å². The number of H-pyrrole nitrogens is 1. The van der Waals surface area contributed by atoms with Gasteiger partial charge in [0.2, 0.25) is 0 Å². The summed E-state index contributed by atoms with van der Waals surface area (Å²) in [4.78, 5) is 16.1. The molecule has 2 heterocycles. The van der Waals surface area contributed by atoms with Gasteiger partial charge in [-0.15, -0.1) is 0 Å². The van der Waals surface area contributed by atoms with E-state index in [-0.39, 0.29) is 0 Å². The van der Waals surface area contributed by atoms with Crippen molar-refractivity contribution < 1.29 is 0 Å². The van der Waals surface area contributed by atoms with Crippen molar-refractivity contribution in [1.82, 2.24) is 19.9 Å². The van der Waals surface area contributed by atoms with E-state index in [2.05, 4.69) is 80.6 Å². The summed E-state index contributed by atoms with van der Waals surface area (Å²) in [5.41, 5.74) is 1.66. The second-order valence-electron chi connectivity index (χ2n) is 4.84. The van der Waals surface area contributed by atoms with Gasteiger partial charge in [-0.25, -0.2) is 0 Å². The van der Waals surface area contributed by atoms with Crippen LogP contribution in [0.15, 0.2) is 78.3 Å². The van der Waals surface area contributed by atoms with Gasteiger partial charge in [-0.2, -0.15) is 0 Å². The molecule has 4 aromatic rings. The molecule has 6 heteroatoms. The maximum atomic E-state index is 4.50. The molecule has 4 nitrogen and oxygen atoms in total. The molecule has 1 N–H and O–H groups in total. The number of rotatable bonds is 4. The second kappa shape index (κ2) is 6.73. The van der Waals surface area contributed by atoms with Gasteiger partial charge >= 0.3 is 144 Å². The summed E-state index contributed by atoms with van der Waals surface area (Å²) in [5, 5.41) is 0.989. The zero-order valence-corrected chi connectivity index (χ0v) is 15.5. The van der Waals surface area contributed by atoms with E-state index in [4.69, 9.17) is 0 Å². The summed E-state index contributed by atoms with van der Waals surface area (Å²) in [5.74, 6) is 0. The van der Waals surface area contributed by atoms with Gasteiger partial charge in [0.05, 0.1) is 0 Å². The van der Waals surface area contributed by atoms with Gasteiger partial charge in [-0.3, -0.25) is 0 Å². The number of nitrogens with one attached hydrogen (secondary N) is 1. The molecule has 0 aliphatic carbocycles. The van der Waals surface area contributed by atoms with Crippen molar-refractivity contribution in [2.45, 2.75) is 5.03 Å². The monoisotopic (exact) mass is 426 g/mol. The number of imidazole rings is 1. The van der Waals surface area contributed by atoms with Gasteiger partial charge in [-0.05, 0) is 0 Å². The van der Waals surface area contributed by atoms with Crippen molar-refractivity contribution in [3.8, 4) is 0 Å². The van der Waals surface area contributed by atoms with E-state index >= 15 is 0 Å². The van der Waals surface area contributed by atoms with Crippen LogP contribution in [0.5, 0.6) is 0 Å². The number of benzene rings is 2. The normalized spacial score (nSPS) is 11.2. The van der Waals surface area contributed by atoms with Gasteiger partial charge in [0.1, 0.15) is 0 Å². The molecule has 2 aromatic heterocycles. The van der Waals surface area contributed by atoms with Gasteiger partial charge in [0, 0.05) is 0 Å². The molecule has 0 saturated heterocycles. The Hall–Kier alpha value is -1.84. The standard InChI is InChI=1S/2C6H5.C5H4N4S.Sb/c2*1-2-4-6-5-3-1;10-5-3-4(7-1-6-3)8-2-9-5;/h2*1-5H;1-2H,(H2,6,7,8,9,10);/q;;;+1/p-1. The third-order valence-corrected chi connectivity index (χ3v) is 14.3. The number of hydrogen-bond donors (Lipinski definition) is 1. The van der Waals surface area contributed by atoms with Crippen molar-refractivity contribution >= 4 is 45.8 Å². The summed E-state index contributed by atoms with van der Waals surface area (Å²) >= 11 is -2.01. The molecule has 0 aliphatic rings. The first-order valence-corrected chi connectivity index (χ1v) is 13.6. The van der Waals surface area contributed by atoms with E-state index in [1.807, 2.05) is 8.85 Å². The van der Waals surface area contributed by atoms with E-state index in [0.29, 0.717) is 0 Å². The van der Waals surface area contributed by atoms with Crippen LogP contribution in [-0.4, -0.2) is 38.7 Å². The molecule has 0 radical (unpaired) electrons. The number of aromatic amines is 1. The van der Waals surface area contributed by atoms with E-state index in [0.717, 1.165) is 16.2 Å². The van der Waals surface area contributed by atoms with Crippen LogP contribution < -0.4 is 7.02 Å². The van der Waals surface area contributed by atoms with Crippen molar-refractivity contribution in [3.63, 3.8) is 0 Å². The van der Waals surface area contributed by atoms with Crippen LogP contribution in [0.1, 0.15) is 0 Å². The first kappa shape index (κ1) is 14.7. The first-order chi connectivity index (χ1) is 11.4. The SMILES string of the molecule is c1cc[c]([Sb]([S]c2ncnc3nc[nH]c23)[c]2ccccc2)cc1. The summed E-state index contributed by atoms with van der Waals surface area (Å²) in [6.07, 6.45) is 3.27. The Morgan fingerprint density at radius 2 is 1.43 bits per heavy atom. The fraction of sp³-hybridized carbons (Fsp3) is 0. The van der Waals surface area contributed by atoms with Crippen molar-refractivity contribution in [2.75, 3.05) is 0 Å². The third kappa shape index (κ3) is 3.12. The molecule has 0 aliphatic heterocycles. The Labute approximate surface area is 143 Å². The number of aromatic nitrogens is 4. The van der Waals surface area contributed by atoms with Crippen LogP contribution in [0.4, 0.5) is 0 Å². The first-order valence-electron chi connectivity index (χ1n) is 7.14. The molecule has 0 saturated carbocycles. The fourth-order valence-electron chi connectivity index (χ4n) is 2.28. The molecule has 4 rings (SSSR count). The molecule has 0 atom stereocenters. The topological polar surface area (TPSA) is 54.5 Å². The Morgan fingerprint density at radius 1 is 0.783 bits per heavy atom. The van der Waals surface area contributed by atoms with Gasteiger partial charge < -0.3 is 0 Å². The zero-order valence-electron chi connectivity index (χ0n) is 12.1. The van der Waals surface area contributed by atoms with Gasteiger partial charge in [-0.1, -0.05) is 0 Å². The van der Waals surface area contributed by atoms with Gasteiger partial charge in [0.25, 0.3) is 0 Å². The zero-order chi connectivity index (χ0) is 15.5. The van der Waals surface area contributed by atoms with Crippen LogP contribution in [-0.2, 0) is 0 Å². The maximum absolute atomic E-state index is 4.50. The molecular formula is C17H13N4SSb. The van der Waals surface area contributed by atoms with E-state index in [1.54, 1.807) is 12.7 Å². The number of nitrogens with zero attached hydrogens (tertiary/aromatic N) is 3. The molecule has 0 spiro atoms. The predicted octanol–water partition coefficient (Wildman–Crippen LogP) is 2.25. The van der Waals surface area contributed by atoms with Crippen LogP contribution in [0.3, 0.4) is 0 Å². The van der Waals surface area contributed by atoms with Crippen LogP contribution in [0.2, 0.25) is 0 Å². The summed E-state index contributed by atoms with van der Waals surface area (Å²) < 4.78 is 2.86. The molecular weight excluding hydrogens is 414 g/mol.